The van der Waals surface area contributed by atoms with Crippen LogP contribution in [0.25, 0.3) is 0 Å². The van der Waals surface area contributed by atoms with Crippen molar-refractivity contribution in [1.82, 2.24) is 9.97 Å². The van der Waals surface area contributed by atoms with Gasteiger partial charge in [-0.25, -0.2) is 10.8 Å². The van der Waals surface area contributed by atoms with Gasteiger partial charge in [-0.1, -0.05) is 18.2 Å². The third-order valence-corrected chi connectivity index (χ3v) is 2.40. The maximum Gasteiger partial charge on any atom is 0.239 e. The van der Waals surface area contributed by atoms with Crippen molar-refractivity contribution < 1.29 is 4.74 Å². The van der Waals surface area contributed by atoms with Gasteiger partial charge in [0, 0.05) is 11.8 Å². The molecule has 0 unspecified atom stereocenters. The standard InChI is InChI=1S/C13H17N5O/c1-10-9-12(17-13(16-10)18-14)15-7-8-19-11-5-3-2-4-6-11/h2-6,9H,7-8,14H2,1H3,(H2,15,16,17,18). The summed E-state index contributed by atoms with van der Waals surface area (Å²) in [5, 5.41) is 3.16. The van der Waals surface area contributed by atoms with Crippen molar-refractivity contribution in [3.63, 3.8) is 0 Å². The summed E-state index contributed by atoms with van der Waals surface area (Å²) in [5.74, 6) is 7.26. The number of anilines is 2. The Hall–Kier alpha value is -2.34. The smallest absolute Gasteiger partial charge is 0.239 e. The summed E-state index contributed by atoms with van der Waals surface area (Å²) in [6.45, 7) is 3.09. The molecule has 6 heteroatoms. The summed E-state index contributed by atoms with van der Waals surface area (Å²) in [7, 11) is 0. The highest BCUT2D eigenvalue weighted by Crippen LogP contribution is 2.09. The van der Waals surface area contributed by atoms with E-state index >= 15 is 0 Å². The fourth-order valence-electron chi connectivity index (χ4n) is 1.59. The number of hydrogen-bond acceptors (Lipinski definition) is 6. The normalized spacial score (nSPS) is 10.0. The Morgan fingerprint density at radius 1 is 1.21 bits per heavy atom. The van der Waals surface area contributed by atoms with Crippen molar-refractivity contribution in [3.8, 4) is 5.75 Å². The van der Waals surface area contributed by atoms with Crippen LogP contribution in [0, 0.1) is 6.92 Å². The Bertz CT molecular complexity index is 518. The van der Waals surface area contributed by atoms with Gasteiger partial charge in [0.2, 0.25) is 5.95 Å². The van der Waals surface area contributed by atoms with Crippen molar-refractivity contribution in [3.05, 3.63) is 42.1 Å². The van der Waals surface area contributed by atoms with E-state index in [9.17, 15) is 0 Å². The monoisotopic (exact) mass is 259 g/mol. The molecule has 19 heavy (non-hydrogen) atoms. The zero-order chi connectivity index (χ0) is 13.5. The van der Waals surface area contributed by atoms with Crippen LogP contribution in [0.5, 0.6) is 5.75 Å². The van der Waals surface area contributed by atoms with Crippen LogP contribution in [0.15, 0.2) is 36.4 Å². The molecule has 0 aliphatic rings. The maximum atomic E-state index is 5.57. The van der Waals surface area contributed by atoms with Crippen molar-refractivity contribution in [2.45, 2.75) is 6.92 Å². The lowest BCUT2D eigenvalue weighted by Crippen LogP contribution is -2.15. The number of aryl methyl sites for hydroxylation is 1. The van der Waals surface area contributed by atoms with Crippen molar-refractivity contribution in [2.24, 2.45) is 5.84 Å². The molecule has 0 radical (unpaired) electrons. The Kier molecular flexibility index (Phi) is 4.52. The fraction of sp³-hybridized carbons (Fsp3) is 0.231. The Morgan fingerprint density at radius 2 is 2.00 bits per heavy atom. The van der Waals surface area contributed by atoms with Crippen LogP contribution in [0.3, 0.4) is 0 Å². The molecule has 1 heterocycles. The molecule has 100 valence electrons. The molecule has 6 nitrogen and oxygen atoms in total. The van der Waals surface area contributed by atoms with E-state index in [4.69, 9.17) is 10.6 Å². The predicted molar refractivity (Wildman–Crippen MR) is 75.0 cm³/mol. The summed E-state index contributed by atoms with van der Waals surface area (Å²) in [6, 6.07) is 11.5. The van der Waals surface area contributed by atoms with Crippen LogP contribution in [-0.4, -0.2) is 23.1 Å². The van der Waals surface area contributed by atoms with E-state index in [1.807, 2.05) is 43.3 Å². The second kappa shape index (κ2) is 6.55. The van der Waals surface area contributed by atoms with E-state index in [0.29, 0.717) is 19.1 Å². The highest BCUT2D eigenvalue weighted by molar-refractivity contribution is 5.41. The minimum absolute atomic E-state index is 0.395. The quantitative estimate of drug-likeness (QED) is 0.415. The highest BCUT2D eigenvalue weighted by Gasteiger charge is 2.00. The number of hydrogen-bond donors (Lipinski definition) is 3. The molecule has 0 spiro atoms. The number of nitrogens with zero attached hydrogens (tertiary/aromatic N) is 2. The Labute approximate surface area is 112 Å². The zero-order valence-electron chi connectivity index (χ0n) is 10.8. The molecule has 0 atom stereocenters. The summed E-state index contributed by atoms with van der Waals surface area (Å²) >= 11 is 0. The van der Waals surface area contributed by atoms with Crippen LogP contribution in [0.2, 0.25) is 0 Å². The summed E-state index contributed by atoms with van der Waals surface area (Å²) in [4.78, 5) is 8.29. The van der Waals surface area contributed by atoms with Crippen molar-refractivity contribution in [2.75, 3.05) is 23.9 Å². The van der Waals surface area contributed by atoms with Gasteiger partial charge >= 0.3 is 0 Å². The van der Waals surface area contributed by atoms with E-state index in [1.165, 1.54) is 0 Å². The topological polar surface area (TPSA) is 85.1 Å². The van der Waals surface area contributed by atoms with E-state index in [2.05, 4.69) is 20.7 Å². The lowest BCUT2D eigenvalue weighted by atomic mass is 10.3. The first-order valence-corrected chi connectivity index (χ1v) is 6.02. The number of para-hydroxylation sites is 1. The van der Waals surface area contributed by atoms with Gasteiger partial charge in [-0.2, -0.15) is 4.98 Å². The first-order chi connectivity index (χ1) is 9.28. The van der Waals surface area contributed by atoms with Crippen LogP contribution in [-0.2, 0) is 0 Å². The Morgan fingerprint density at radius 3 is 2.74 bits per heavy atom. The number of nitrogens with one attached hydrogen (secondary N) is 2. The second-order valence-corrected chi connectivity index (χ2v) is 3.95. The molecule has 2 rings (SSSR count). The largest absolute Gasteiger partial charge is 0.492 e. The van der Waals surface area contributed by atoms with Gasteiger partial charge in [0.25, 0.3) is 0 Å². The molecule has 0 amide bonds. The molecule has 0 aliphatic carbocycles. The molecular weight excluding hydrogens is 242 g/mol. The van der Waals surface area contributed by atoms with Gasteiger partial charge in [0.15, 0.2) is 0 Å². The average molecular weight is 259 g/mol. The molecule has 0 fully saturated rings. The first kappa shape index (κ1) is 13.1. The number of nitrogens with two attached hydrogens (primary N) is 1. The van der Waals surface area contributed by atoms with E-state index < -0.39 is 0 Å². The summed E-state index contributed by atoms with van der Waals surface area (Å²) < 4.78 is 5.57. The number of aromatic nitrogens is 2. The van der Waals surface area contributed by atoms with Crippen LogP contribution in [0.1, 0.15) is 5.69 Å². The second-order valence-electron chi connectivity index (χ2n) is 3.95. The molecule has 0 aliphatic heterocycles. The first-order valence-electron chi connectivity index (χ1n) is 6.02. The van der Waals surface area contributed by atoms with E-state index in [0.717, 1.165) is 17.3 Å². The van der Waals surface area contributed by atoms with Gasteiger partial charge < -0.3 is 10.1 Å². The lowest BCUT2D eigenvalue weighted by molar-refractivity contribution is 0.333. The summed E-state index contributed by atoms with van der Waals surface area (Å²) in [6.07, 6.45) is 0. The SMILES string of the molecule is Cc1cc(NCCOc2ccccc2)nc(NN)n1. The number of nitrogen functional groups attached to an aromatic ring is 1. The predicted octanol–water partition coefficient (Wildman–Crippen LogP) is 1.56. The maximum absolute atomic E-state index is 5.57. The minimum Gasteiger partial charge on any atom is -0.492 e. The van der Waals surface area contributed by atoms with Gasteiger partial charge in [-0.15, -0.1) is 0 Å². The highest BCUT2D eigenvalue weighted by atomic mass is 16.5. The lowest BCUT2D eigenvalue weighted by Gasteiger charge is -2.09. The summed E-state index contributed by atoms with van der Waals surface area (Å²) in [5.41, 5.74) is 3.27. The van der Waals surface area contributed by atoms with Gasteiger partial charge in [0.1, 0.15) is 18.2 Å². The molecule has 4 N–H and O–H groups in total. The van der Waals surface area contributed by atoms with E-state index in [-0.39, 0.29) is 0 Å². The molecular formula is C13H17N5O. The number of ether oxygens (including phenoxy) is 1. The zero-order valence-corrected chi connectivity index (χ0v) is 10.8. The molecule has 1 aromatic carbocycles. The molecule has 1 aromatic heterocycles. The van der Waals surface area contributed by atoms with Gasteiger partial charge in [-0.3, -0.25) is 5.43 Å². The van der Waals surface area contributed by atoms with Crippen LogP contribution >= 0.6 is 0 Å². The van der Waals surface area contributed by atoms with Crippen molar-refractivity contribution >= 4 is 11.8 Å². The Balaban J connectivity index is 1.81. The third kappa shape index (κ3) is 4.11. The number of hydrazine groups is 1. The van der Waals surface area contributed by atoms with Crippen molar-refractivity contribution in [1.29, 1.82) is 0 Å². The number of benzene rings is 1. The molecule has 2 aromatic rings. The van der Waals surface area contributed by atoms with Gasteiger partial charge in [-0.05, 0) is 19.1 Å². The number of rotatable bonds is 6. The molecule has 0 saturated carbocycles. The molecule has 0 saturated heterocycles. The van der Waals surface area contributed by atoms with Crippen LogP contribution < -0.4 is 21.3 Å². The van der Waals surface area contributed by atoms with Gasteiger partial charge in [0.05, 0.1) is 6.54 Å². The molecule has 0 bridgehead atoms. The third-order valence-electron chi connectivity index (χ3n) is 2.40. The van der Waals surface area contributed by atoms with Crippen LogP contribution in [0.4, 0.5) is 11.8 Å². The average Bonchev–Trinajstić information content (AvgIpc) is 2.44. The van der Waals surface area contributed by atoms with E-state index in [1.54, 1.807) is 0 Å². The minimum atomic E-state index is 0.395. The fourth-order valence-corrected chi connectivity index (χ4v) is 1.59.